The van der Waals surface area contributed by atoms with E-state index in [4.69, 9.17) is 17.0 Å². The lowest BCUT2D eigenvalue weighted by Gasteiger charge is -2.17. The molecule has 1 aromatic carbocycles. The second-order valence-corrected chi connectivity index (χ2v) is 7.32. The first-order valence-corrected chi connectivity index (χ1v) is 9.67. The summed E-state index contributed by atoms with van der Waals surface area (Å²) in [5.74, 6) is 0.701. The normalized spacial score (nSPS) is 11.6. The van der Waals surface area contributed by atoms with Gasteiger partial charge in [0.2, 0.25) is 0 Å². The molecule has 1 amide bonds. The van der Waals surface area contributed by atoms with Crippen molar-refractivity contribution in [3.63, 3.8) is 0 Å². The fourth-order valence-electron chi connectivity index (χ4n) is 2.41. The van der Waals surface area contributed by atoms with Gasteiger partial charge in [0.25, 0.3) is 0 Å². The molecule has 8 heteroatoms. The Morgan fingerprint density at radius 3 is 2.77 bits per heavy atom. The standard InChI is InChI=1S/C18H23BrN4O2S/c1-13(26)20-10-6-5-9-15(17-21-11-16(19)23-17)22-18(24)25-12-14-7-3-2-4-8-14/h2-4,7-8,11,15H,5-6,9-10,12H2,1H3,(H,20,26)(H,21,23)(H,22,24)/t15-/m0/s1. The number of amides is 1. The molecule has 0 radical (unpaired) electrons. The number of aromatic amines is 1. The second-order valence-electron chi connectivity index (χ2n) is 5.85. The Balaban J connectivity index is 1.84. The lowest BCUT2D eigenvalue weighted by molar-refractivity contribution is 0.134. The van der Waals surface area contributed by atoms with Gasteiger partial charge in [-0.15, -0.1) is 0 Å². The van der Waals surface area contributed by atoms with E-state index >= 15 is 0 Å². The molecule has 0 aliphatic rings. The lowest BCUT2D eigenvalue weighted by Crippen LogP contribution is -2.30. The Morgan fingerprint density at radius 1 is 1.35 bits per heavy atom. The second kappa shape index (κ2) is 10.9. The highest BCUT2D eigenvalue weighted by Gasteiger charge is 2.18. The number of H-pyrrole nitrogens is 1. The van der Waals surface area contributed by atoms with Gasteiger partial charge in [-0.25, -0.2) is 9.78 Å². The molecule has 2 rings (SSSR count). The first-order chi connectivity index (χ1) is 12.5. The number of carbonyl (C=O) groups excluding carboxylic acids is 1. The Kier molecular flexibility index (Phi) is 8.57. The molecule has 0 aliphatic carbocycles. The van der Waals surface area contributed by atoms with Crippen molar-refractivity contribution in [2.45, 2.75) is 38.8 Å². The van der Waals surface area contributed by atoms with Crippen molar-refractivity contribution in [2.75, 3.05) is 6.54 Å². The van der Waals surface area contributed by atoms with Crippen LogP contribution < -0.4 is 10.6 Å². The number of unbranched alkanes of at least 4 members (excludes halogenated alkanes) is 1. The zero-order chi connectivity index (χ0) is 18.8. The molecular formula is C18H23BrN4O2S. The topological polar surface area (TPSA) is 79.0 Å². The lowest BCUT2D eigenvalue weighted by atomic mass is 10.1. The first-order valence-electron chi connectivity index (χ1n) is 8.46. The van der Waals surface area contributed by atoms with Crippen LogP contribution in [0.4, 0.5) is 4.79 Å². The maximum absolute atomic E-state index is 12.2. The molecule has 2 aromatic rings. The minimum Gasteiger partial charge on any atom is -0.445 e. The molecule has 0 aliphatic heterocycles. The molecule has 26 heavy (non-hydrogen) atoms. The van der Waals surface area contributed by atoms with Crippen LogP contribution in [0.15, 0.2) is 41.1 Å². The van der Waals surface area contributed by atoms with Gasteiger partial charge in [-0.2, -0.15) is 0 Å². The van der Waals surface area contributed by atoms with E-state index in [9.17, 15) is 4.79 Å². The fourth-order valence-corrected chi connectivity index (χ4v) is 2.82. The summed E-state index contributed by atoms with van der Waals surface area (Å²) >= 11 is 8.35. The van der Waals surface area contributed by atoms with Crippen molar-refractivity contribution in [3.05, 3.63) is 52.5 Å². The van der Waals surface area contributed by atoms with Crippen molar-refractivity contribution in [1.82, 2.24) is 20.6 Å². The van der Waals surface area contributed by atoms with E-state index in [1.807, 2.05) is 37.3 Å². The summed E-state index contributed by atoms with van der Waals surface area (Å²) in [6, 6.07) is 9.34. The average Bonchev–Trinajstić information content (AvgIpc) is 3.05. The predicted octanol–water partition coefficient (Wildman–Crippen LogP) is 4.25. The van der Waals surface area contributed by atoms with E-state index in [2.05, 4.69) is 36.5 Å². The molecule has 0 bridgehead atoms. The van der Waals surface area contributed by atoms with E-state index in [-0.39, 0.29) is 12.6 Å². The minimum absolute atomic E-state index is 0.235. The number of hydrogen-bond donors (Lipinski definition) is 3. The number of ether oxygens (including phenoxy) is 1. The molecule has 1 aromatic heterocycles. The Morgan fingerprint density at radius 2 is 2.12 bits per heavy atom. The number of hydrogen-bond acceptors (Lipinski definition) is 4. The van der Waals surface area contributed by atoms with Crippen molar-refractivity contribution in [2.24, 2.45) is 0 Å². The third-order valence-electron chi connectivity index (χ3n) is 3.69. The molecule has 0 spiro atoms. The summed E-state index contributed by atoms with van der Waals surface area (Å²) in [6.07, 6.45) is 3.83. The summed E-state index contributed by atoms with van der Waals surface area (Å²) in [6.45, 7) is 2.92. The Hall–Kier alpha value is -1.93. The van der Waals surface area contributed by atoms with Gasteiger partial charge in [-0.1, -0.05) is 42.5 Å². The number of rotatable bonds is 9. The molecule has 0 saturated heterocycles. The zero-order valence-corrected chi connectivity index (χ0v) is 17.0. The maximum Gasteiger partial charge on any atom is 0.408 e. The summed E-state index contributed by atoms with van der Waals surface area (Å²) in [5, 5.41) is 6.03. The van der Waals surface area contributed by atoms with Crippen molar-refractivity contribution in [3.8, 4) is 0 Å². The first kappa shape index (κ1) is 20.4. The van der Waals surface area contributed by atoms with Crippen LogP contribution in [0, 0.1) is 0 Å². The Bertz CT molecular complexity index is 708. The van der Waals surface area contributed by atoms with Crippen molar-refractivity contribution in [1.29, 1.82) is 0 Å². The quantitative estimate of drug-likeness (QED) is 0.402. The van der Waals surface area contributed by atoms with Crippen LogP contribution in [0.3, 0.4) is 0 Å². The van der Waals surface area contributed by atoms with Gasteiger partial charge in [-0.05, 0) is 47.7 Å². The predicted molar refractivity (Wildman–Crippen MR) is 109 cm³/mol. The van der Waals surface area contributed by atoms with Gasteiger partial charge in [-0.3, -0.25) is 0 Å². The summed E-state index contributed by atoms with van der Waals surface area (Å²) in [5.41, 5.74) is 0.946. The van der Waals surface area contributed by atoms with E-state index in [0.717, 1.165) is 41.0 Å². The monoisotopic (exact) mass is 438 g/mol. The van der Waals surface area contributed by atoms with Crippen molar-refractivity contribution < 1.29 is 9.53 Å². The van der Waals surface area contributed by atoms with Crippen LogP contribution in [0.2, 0.25) is 0 Å². The molecular weight excluding hydrogens is 416 g/mol. The molecule has 6 nitrogen and oxygen atoms in total. The van der Waals surface area contributed by atoms with Gasteiger partial charge >= 0.3 is 6.09 Å². The summed E-state index contributed by atoms with van der Waals surface area (Å²) in [7, 11) is 0. The molecule has 0 unspecified atom stereocenters. The molecule has 0 fully saturated rings. The molecule has 3 N–H and O–H groups in total. The number of imidazole rings is 1. The summed E-state index contributed by atoms with van der Waals surface area (Å²) in [4.78, 5) is 20.4. The third kappa shape index (κ3) is 7.53. The summed E-state index contributed by atoms with van der Waals surface area (Å²) < 4.78 is 6.09. The van der Waals surface area contributed by atoms with E-state index in [1.165, 1.54) is 0 Å². The highest BCUT2D eigenvalue weighted by atomic mass is 79.9. The van der Waals surface area contributed by atoms with Gasteiger partial charge in [0.05, 0.1) is 17.2 Å². The highest BCUT2D eigenvalue weighted by molar-refractivity contribution is 9.10. The third-order valence-corrected chi connectivity index (χ3v) is 4.24. The number of thiocarbonyl (C=S) groups is 1. The number of halogens is 1. The average molecular weight is 439 g/mol. The minimum atomic E-state index is -0.459. The number of aromatic nitrogens is 2. The van der Waals surface area contributed by atoms with Crippen LogP contribution in [0.5, 0.6) is 0 Å². The van der Waals surface area contributed by atoms with E-state index < -0.39 is 6.09 Å². The van der Waals surface area contributed by atoms with Crippen LogP contribution in [0.25, 0.3) is 0 Å². The molecule has 140 valence electrons. The van der Waals surface area contributed by atoms with Crippen molar-refractivity contribution >= 4 is 39.2 Å². The maximum atomic E-state index is 12.2. The van der Waals surface area contributed by atoms with Crippen LogP contribution in [-0.4, -0.2) is 27.6 Å². The smallest absolute Gasteiger partial charge is 0.408 e. The van der Waals surface area contributed by atoms with Gasteiger partial charge < -0.3 is 20.4 Å². The highest BCUT2D eigenvalue weighted by Crippen LogP contribution is 2.19. The fraction of sp³-hybridized carbons (Fsp3) is 0.389. The number of nitrogens with zero attached hydrogens (tertiary/aromatic N) is 1. The number of alkyl carbamates (subject to hydrolysis) is 1. The van der Waals surface area contributed by atoms with Gasteiger partial charge in [0, 0.05) is 6.54 Å². The van der Waals surface area contributed by atoms with Crippen LogP contribution in [-0.2, 0) is 11.3 Å². The number of benzene rings is 1. The number of carbonyl (C=O) groups is 1. The van der Waals surface area contributed by atoms with Gasteiger partial charge in [0.1, 0.15) is 17.0 Å². The molecule has 1 heterocycles. The zero-order valence-electron chi connectivity index (χ0n) is 14.6. The molecule has 0 saturated carbocycles. The van der Waals surface area contributed by atoms with E-state index in [0.29, 0.717) is 5.82 Å². The van der Waals surface area contributed by atoms with Gasteiger partial charge in [0.15, 0.2) is 0 Å². The number of nitrogens with one attached hydrogen (secondary N) is 3. The van der Waals surface area contributed by atoms with E-state index in [1.54, 1.807) is 6.20 Å². The largest absolute Gasteiger partial charge is 0.445 e. The Labute approximate surface area is 167 Å². The van der Waals surface area contributed by atoms with Crippen LogP contribution >= 0.6 is 28.1 Å². The molecule has 1 atom stereocenters. The SMILES string of the molecule is CC(=S)NCCCC[C@H](NC(=O)OCc1ccccc1)c1ncc(Br)[nH]1. The van der Waals surface area contributed by atoms with Crippen LogP contribution in [0.1, 0.15) is 43.6 Å².